The molecule has 6 nitrogen and oxygen atoms in total. The van der Waals surface area contributed by atoms with Crippen molar-refractivity contribution in [1.82, 2.24) is 10.3 Å². The Hall–Kier alpha value is -1.66. The number of pyridine rings is 1. The van der Waals surface area contributed by atoms with Gasteiger partial charge in [-0.2, -0.15) is 0 Å². The van der Waals surface area contributed by atoms with Crippen molar-refractivity contribution >= 4 is 23.5 Å². The van der Waals surface area contributed by atoms with Gasteiger partial charge in [0.05, 0.1) is 6.54 Å². The number of carbonyl (C=O) groups is 2. The van der Waals surface area contributed by atoms with Crippen LogP contribution in [0, 0.1) is 6.92 Å². The van der Waals surface area contributed by atoms with Gasteiger partial charge >= 0.3 is 5.97 Å². The van der Waals surface area contributed by atoms with Crippen LogP contribution in [0.3, 0.4) is 0 Å². The first kappa shape index (κ1) is 14.4. The molecule has 1 rings (SSSR count). The Balaban J connectivity index is 2.75. The largest absolute Gasteiger partial charge is 0.479 e. The normalized spacial score (nSPS) is 13.8. The maximum atomic E-state index is 11.7. The lowest BCUT2D eigenvalue weighted by Crippen LogP contribution is -2.46. The highest BCUT2D eigenvalue weighted by Crippen LogP contribution is 2.10. The molecule has 0 radical (unpaired) electrons. The van der Waals surface area contributed by atoms with Crippen LogP contribution in [-0.4, -0.2) is 39.2 Å². The predicted octanol–water partition coefficient (Wildman–Crippen LogP) is 0.609. The van der Waals surface area contributed by atoms with Gasteiger partial charge in [-0.15, -0.1) is 0 Å². The first-order chi connectivity index (χ1) is 8.22. The minimum Gasteiger partial charge on any atom is -0.479 e. The quantitative estimate of drug-likeness (QED) is 0.698. The minimum absolute atomic E-state index is 0.171. The molecule has 18 heavy (non-hydrogen) atoms. The van der Waals surface area contributed by atoms with Gasteiger partial charge in [0.15, 0.2) is 5.60 Å². The van der Waals surface area contributed by atoms with Crippen molar-refractivity contribution in [3.05, 3.63) is 28.5 Å². The monoisotopic (exact) mass is 272 g/mol. The smallest absolute Gasteiger partial charge is 0.337 e. The second kappa shape index (κ2) is 5.32. The zero-order valence-electron chi connectivity index (χ0n) is 9.90. The Bertz CT molecular complexity index is 468. The van der Waals surface area contributed by atoms with Crippen LogP contribution >= 0.6 is 11.6 Å². The number of aromatic nitrogens is 1. The number of aryl methyl sites for hydroxylation is 1. The summed E-state index contributed by atoms with van der Waals surface area (Å²) in [6.07, 6.45) is 0. The number of carbonyl (C=O) groups excluding carboxylic acids is 1. The Morgan fingerprint density at radius 1 is 1.50 bits per heavy atom. The van der Waals surface area contributed by atoms with Crippen LogP contribution < -0.4 is 5.32 Å². The van der Waals surface area contributed by atoms with E-state index in [1.54, 1.807) is 6.92 Å². The summed E-state index contributed by atoms with van der Waals surface area (Å²) in [6, 6.07) is 2.87. The van der Waals surface area contributed by atoms with Crippen LogP contribution in [0.2, 0.25) is 5.15 Å². The van der Waals surface area contributed by atoms with E-state index in [0.717, 1.165) is 6.92 Å². The lowest BCUT2D eigenvalue weighted by Gasteiger charge is -2.18. The first-order valence-electron chi connectivity index (χ1n) is 5.10. The van der Waals surface area contributed by atoms with Crippen molar-refractivity contribution in [3.63, 3.8) is 0 Å². The number of rotatable bonds is 4. The zero-order chi connectivity index (χ0) is 13.9. The van der Waals surface area contributed by atoms with Gasteiger partial charge in [-0.05, 0) is 26.0 Å². The second-order valence-corrected chi connectivity index (χ2v) is 4.47. The molecule has 0 saturated heterocycles. The molecule has 1 amide bonds. The lowest BCUT2D eigenvalue weighted by molar-refractivity contribution is -0.155. The summed E-state index contributed by atoms with van der Waals surface area (Å²) in [5, 5.41) is 20.6. The molecule has 3 N–H and O–H groups in total. The van der Waals surface area contributed by atoms with E-state index in [1.165, 1.54) is 12.1 Å². The Labute approximate surface area is 109 Å². The van der Waals surface area contributed by atoms with Crippen molar-refractivity contribution in [2.24, 2.45) is 0 Å². The molecule has 7 heteroatoms. The average molecular weight is 273 g/mol. The molecule has 0 bridgehead atoms. The highest BCUT2D eigenvalue weighted by atomic mass is 35.5. The maximum absolute atomic E-state index is 11.7. The van der Waals surface area contributed by atoms with Gasteiger partial charge in [-0.1, -0.05) is 11.6 Å². The number of carboxylic acid groups (broad SMARTS) is 1. The van der Waals surface area contributed by atoms with E-state index in [2.05, 4.69) is 10.3 Å². The third-order valence-electron chi connectivity index (χ3n) is 2.24. The van der Waals surface area contributed by atoms with E-state index in [9.17, 15) is 14.7 Å². The van der Waals surface area contributed by atoms with E-state index in [0.29, 0.717) is 5.69 Å². The van der Waals surface area contributed by atoms with Crippen molar-refractivity contribution in [2.45, 2.75) is 19.4 Å². The maximum Gasteiger partial charge on any atom is 0.337 e. The molecule has 1 aromatic heterocycles. The zero-order valence-corrected chi connectivity index (χ0v) is 10.7. The molecule has 0 aromatic carbocycles. The van der Waals surface area contributed by atoms with Gasteiger partial charge in [0.25, 0.3) is 5.91 Å². The topological polar surface area (TPSA) is 99.5 Å². The SMILES string of the molecule is Cc1cc(C(=O)NCC(C)(O)C(=O)O)cc(Cl)n1. The number of halogens is 1. The summed E-state index contributed by atoms with van der Waals surface area (Å²) in [7, 11) is 0. The van der Waals surface area contributed by atoms with Crippen molar-refractivity contribution in [1.29, 1.82) is 0 Å². The van der Waals surface area contributed by atoms with Crippen LogP contribution in [0.4, 0.5) is 0 Å². The summed E-state index contributed by atoms with van der Waals surface area (Å²) in [6.45, 7) is 2.37. The molecule has 0 aliphatic heterocycles. The number of nitrogens with one attached hydrogen (secondary N) is 1. The second-order valence-electron chi connectivity index (χ2n) is 4.08. The molecule has 1 aromatic rings. The van der Waals surface area contributed by atoms with E-state index in [4.69, 9.17) is 16.7 Å². The van der Waals surface area contributed by atoms with Crippen molar-refractivity contribution in [2.75, 3.05) is 6.54 Å². The molecule has 1 atom stereocenters. The van der Waals surface area contributed by atoms with Gasteiger partial charge in [0, 0.05) is 11.3 Å². The van der Waals surface area contributed by atoms with Crippen molar-refractivity contribution < 1.29 is 19.8 Å². The Kier molecular flexibility index (Phi) is 4.26. The fraction of sp³-hybridized carbons (Fsp3) is 0.364. The third kappa shape index (κ3) is 3.68. The summed E-state index contributed by atoms with van der Waals surface area (Å²) in [5.41, 5.74) is -1.19. The number of hydrogen-bond donors (Lipinski definition) is 3. The van der Waals surface area contributed by atoms with E-state index in [1.807, 2.05) is 0 Å². The fourth-order valence-corrected chi connectivity index (χ4v) is 1.44. The molecule has 98 valence electrons. The summed E-state index contributed by atoms with van der Waals surface area (Å²) < 4.78 is 0. The molecule has 1 unspecified atom stereocenters. The number of aliphatic carboxylic acids is 1. The molecule has 1 heterocycles. The average Bonchev–Trinajstić information content (AvgIpc) is 2.24. The van der Waals surface area contributed by atoms with Crippen LogP contribution in [0.25, 0.3) is 0 Å². The molecule has 0 fully saturated rings. The fourth-order valence-electron chi connectivity index (χ4n) is 1.19. The third-order valence-corrected chi connectivity index (χ3v) is 2.43. The molecule has 0 aliphatic carbocycles. The van der Waals surface area contributed by atoms with Gasteiger partial charge in [-0.3, -0.25) is 4.79 Å². The van der Waals surface area contributed by atoms with Crippen molar-refractivity contribution in [3.8, 4) is 0 Å². The van der Waals surface area contributed by atoms with Crippen LogP contribution in [0.1, 0.15) is 23.0 Å². The number of aliphatic hydroxyl groups is 1. The summed E-state index contributed by atoms with van der Waals surface area (Å²) >= 11 is 5.70. The molecule has 0 spiro atoms. The van der Waals surface area contributed by atoms with Gasteiger partial charge in [-0.25, -0.2) is 9.78 Å². The molecular weight excluding hydrogens is 260 g/mol. The van der Waals surface area contributed by atoms with E-state index < -0.39 is 24.0 Å². The highest BCUT2D eigenvalue weighted by Gasteiger charge is 2.30. The predicted molar refractivity (Wildman–Crippen MR) is 64.6 cm³/mol. The number of hydrogen-bond acceptors (Lipinski definition) is 4. The van der Waals surface area contributed by atoms with Crippen LogP contribution in [0.5, 0.6) is 0 Å². The summed E-state index contributed by atoms with van der Waals surface area (Å²) in [4.78, 5) is 26.3. The van der Waals surface area contributed by atoms with Gasteiger partial charge in [0.1, 0.15) is 5.15 Å². The van der Waals surface area contributed by atoms with Gasteiger partial charge in [0.2, 0.25) is 0 Å². The number of amides is 1. The Morgan fingerprint density at radius 3 is 2.61 bits per heavy atom. The summed E-state index contributed by atoms with van der Waals surface area (Å²) in [5.74, 6) is -1.93. The van der Waals surface area contributed by atoms with E-state index >= 15 is 0 Å². The van der Waals surface area contributed by atoms with Crippen LogP contribution in [-0.2, 0) is 4.79 Å². The highest BCUT2D eigenvalue weighted by molar-refractivity contribution is 6.29. The minimum atomic E-state index is -2.01. The number of carboxylic acids is 1. The Morgan fingerprint density at radius 2 is 2.11 bits per heavy atom. The van der Waals surface area contributed by atoms with E-state index in [-0.39, 0.29) is 10.7 Å². The molecule has 0 aliphatic rings. The molecular formula is C11H13ClN2O4. The first-order valence-corrected chi connectivity index (χ1v) is 5.48. The lowest BCUT2D eigenvalue weighted by atomic mass is 10.1. The van der Waals surface area contributed by atoms with Gasteiger partial charge < -0.3 is 15.5 Å². The standard InChI is InChI=1S/C11H13ClN2O4/c1-6-3-7(4-8(12)14-6)9(15)13-5-11(2,18)10(16)17/h3-4,18H,5H2,1-2H3,(H,13,15)(H,16,17). The number of nitrogens with zero attached hydrogens (tertiary/aromatic N) is 1. The van der Waals surface area contributed by atoms with Crippen LogP contribution in [0.15, 0.2) is 12.1 Å². The molecule has 0 saturated carbocycles.